The van der Waals surface area contributed by atoms with Gasteiger partial charge in [-0.25, -0.2) is 14.4 Å². The molecule has 1 aromatic carbocycles. The second-order valence-corrected chi connectivity index (χ2v) is 3.85. The molecule has 5 nitrogen and oxygen atoms in total. The average molecular weight is 243 g/mol. The van der Waals surface area contributed by atoms with Crippen LogP contribution >= 0.6 is 0 Å². The molecule has 2 heterocycles. The maximum absolute atomic E-state index is 12.8. The molecule has 0 fully saturated rings. The molecule has 0 atom stereocenters. The van der Waals surface area contributed by atoms with E-state index in [1.807, 2.05) is 10.8 Å². The van der Waals surface area contributed by atoms with Crippen LogP contribution in [-0.4, -0.2) is 24.7 Å². The van der Waals surface area contributed by atoms with E-state index in [1.54, 1.807) is 18.5 Å². The number of hydrogen-bond acceptors (Lipinski definition) is 3. The zero-order valence-corrected chi connectivity index (χ0v) is 9.42. The first-order valence-corrected chi connectivity index (χ1v) is 5.43. The Labute approximate surface area is 102 Å². The van der Waals surface area contributed by atoms with Gasteiger partial charge in [0, 0.05) is 11.8 Å². The van der Waals surface area contributed by atoms with E-state index in [0.29, 0.717) is 12.4 Å². The third-order valence-corrected chi connectivity index (χ3v) is 2.56. The predicted octanol–water partition coefficient (Wildman–Crippen LogP) is 1.86. The van der Waals surface area contributed by atoms with Gasteiger partial charge in [-0.3, -0.25) is 5.10 Å². The lowest BCUT2D eigenvalue weighted by atomic mass is 10.2. The van der Waals surface area contributed by atoms with Crippen molar-refractivity contribution in [3.8, 4) is 11.3 Å². The average Bonchev–Trinajstić information content (AvgIpc) is 3.02. The van der Waals surface area contributed by atoms with Crippen molar-refractivity contribution in [2.45, 2.75) is 6.54 Å². The Balaban J connectivity index is 1.83. The topological polar surface area (TPSA) is 59.4 Å². The molecule has 0 bridgehead atoms. The van der Waals surface area contributed by atoms with Crippen molar-refractivity contribution in [1.29, 1.82) is 0 Å². The van der Waals surface area contributed by atoms with Crippen molar-refractivity contribution in [3.05, 3.63) is 54.8 Å². The summed E-state index contributed by atoms with van der Waals surface area (Å²) in [6.45, 7) is 0.553. The fraction of sp³-hybridized carbons (Fsp3) is 0.0833. The third kappa shape index (κ3) is 2.13. The van der Waals surface area contributed by atoms with Gasteiger partial charge in [0.05, 0.1) is 18.6 Å². The molecule has 3 aromatic rings. The lowest BCUT2D eigenvalue weighted by Crippen LogP contribution is -1.98. The molecule has 0 aliphatic rings. The summed E-state index contributed by atoms with van der Waals surface area (Å²) in [6, 6.07) is 6.25. The molecule has 0 amide bonds. The number of rotatable bonds is 3. The van der Waals surface area contributed by atoms with Gasteiger partial charge in [-0.1, -0.05) is 0 Å². The normalized spacial score (nSPS) is 10.7. The summed E-state index contributed by atoms with van der Waals surface area (Å²) in [5.74, 6) is 0.442. The minimum Gasteiger partial charge on any atom is -0.329 e. The molecule has 0 aliphatic heterocycles. The molecule has 0 unspecified atom stereocenters. The van der Waals surface area contributed by atoms with E-state index >= 15 is 0 Å². The second-order valence-electron chi connectivity index (χ2n) is 3.85. The van der Waals surface area contributed by atoms with Crippen LogP contribution < -0.4 is 0 Å². The summed E-state index contributed by atoms with van der Waals surface area (Å²) in [7, 11) is 0. The third-order valence-electron chi connectivity index (χ3n) is 2.56. The fourth-order valence-electron chi connectivity index (χ4n) is 1.69. The summed E-state index contributed by atoms with van der Waals surface area (Å²) >= 11 is 0. The van der Waals surface area contributed by atoms with E-state index in [2.05, 4.69) is 20.2 Å². The monoisotopic (exact) mass is 243 g/mol. The van der Waals surface area contributed by atoms with Gasteiger partial charge in [-0.05, 0) is 24.3 Å². The molecule has 0 spiro atoms. The molecular weight excluding hydrogens is 233 g/mol. The first-order chi connectivity index (χ1) is 8.81. The lowest BCUT2D eigenvalue weighted by Gasteiger charge is -1.97. The van der Waals surface area contributed by atoms with Crippen LogP contribution in [-0.2, 0) is 6.54 Å². The summed E-state index contributed by atoms with van der Waals surface area (Å²) in [5, 5.41) is 6.63. The Kier molecular flexibility index (Phi) is 2.60. The van der Waals surface area contributed by atoms with Crippen molar-refractivity contribution in [2.24, 2.45) is 0 Å². The zero-order chi connectivity index (χ0) is 12.4. The minimum absolute atomic E-state index is 0.251. The quantitative estimate of drug-likeness (QED) is 0.763. The van der Waals surface area contributed by atoms with Crippen LogP contribution in [0.1, 0.15) is 5.82 Å². The molecule has 0 radical (unpaired) electrons. The highest BCUT2D eigenvalue weighted by Gasteiger charge is 2.04. The van der Waals surface area contributed by atoms with Gasteiger partial charge in [0.1, 0.15) is 12.1 Å². The number of aromatic nitrogens is 5. The van der Waals surface area contributed by atoms with E-state index in [4.69, 9.17) is 0 Å². The molecule has 6 heteroatoms. The smallest absolute Gasteiger partial charge is 0.170 e. The number of H-pyrrole nitrogens is 1. The Bertz CT molecular complexity index is 627. The summed E-state index contributed by atoms with van der Waals surface area (Å²) in [4.78, 5) is 8.31. The molecule has 2 aromatic heterocycles. The van der Waals surface area contributed by atoms with Gasteiger partial charge in [-0.15, -0.1) is 0 Å². The Morgan fingerprint density at radius 3 is 2.72 bits per heavy atom. The Morgan fingerprint density at radius 1 is 1.17 bits per heavy atom. The van der Waals surface area contributed by atoms with Crippen molar-refractivity contribution in [1.82, 2.24) is 24.7 Å². The van der Waals surface area contributed by atoms with E-state index in [-0.39, 0.29) is 5.82 Å². The van der Waals surface area contributed by atoms with Crippen molar-refractivity contribution in [2.75, 3.05) is 0 Å². The molecule has 0 saturated heterocycles. The van der Waals surface area contributed by atoms with Crippen LogP contribution in [0.3, 0.4) is 0 Å². The lowest BCUT2D eigenvalue weighted by molar-refractivity contribution is 0.628. The summed E-state index contributed by atoms with van der Waals surface area (Å²) in [5.41, 5.74) is 1.68. The van der Waals surface area contributed by atoms with Gasteiger partial charge >= 0.3 is 0 Å². The number of aromatic amines is 1. The maximum atomic E-state index is 12.8. The number of nitrogens with one attached hydrogen (secondary N) is 1. The standard InChI is InChI=1S/C12H10FN5/c13-10-3-1-9(2-4-10)11-5-18(8-15-11)6-12-14-7-16-17-12/h1-5,7-8H,6H2,(H,14,16,17). The van der Waals surface area contributed by atoms with E-state index in [0.717, 1.165) is 11.3 Å². The van der Waals surface area contributed by atoms with E-state index < -0.39 is 0 Å². The molecule has 3 rings (SSSR count). The summed E-state index contributed by atoms with van der Waals surface area (Å²) < 4.78 is 14.7. The molecule has 90 valence electrons. The maximum Gasteiger partial charge on any atom is 0.170 e. The van der Waals surface area contributed by atoms with E-state index in [9.17, 15) is 4.39 Å². The first-order valence-electron chi connectivity index (χ1n) is 5.43. The zero-order valence-electron chi connectivity index (χ0n) is 9.42. The van der Waals surface area contributed by atoms with Gasteiger partial charge in [0.2, 0.25) is 0 Å². The highest BCUT2D eigenvalue weighted by Crippen LogP contribution is 2.17. The SMILES string of the molecule is Fc1ccc(-c2cn(Cc3nc[nH]n3)cn2)cc1. The molecule has 0 saturated carbocycles. The number of hydrogen-bond donors (Lipinski definition) is 1. The van der Waals surface area contributed by atoms with Gasteiger partial charge in [0.25, 0.3) is 0 Å². The highest BCUT2D eigenvalue weighted by atomic mass is 19.1. The number of halogens is 1. The number of nitrogens with zero attached hydrogens (tertiary/aromatic N) is 4. The highest BCUT2D eigenvalue weighted by molar-refractivity contribution is 5.57. The largest absolute Gasteiger partial charge is 0.329 e. The van der Waals surface area contributed by atoms with Crippen LogP contribution in [0.2, 0.25) is 0 Å². The molecule has 1 N–H and O–H groups in total. The van der Waals surface area contributed by atoms with Crippen LogP contribution in [0.25, 0.3) is 11.3 Å². The Morgan fingerprint density at radius 2 is 2.00 bits per heavy atom. The molecule has 18 heavy (non-hydrogen) atoms. The van der Waals surface area contributed by atoms with Gasteiger partial charge in [-0.2, -0.15) is 5.10 Å². The van der Waals surface area contributed by atoms with Crippen molar-refractivity contribution >= 4 is 0 Å². The number of imidazole rings is 1. The van der Waals surface area contributed by atoms with Crippen LogP contribution in [0.5, 0.6) is 0 Å². The predicted molar refractivity (Wildman–Crippen MR) is 63.1 cm³/mol. The van der Waals surface area contributed by atoms with Crippen LogP contribution in [0.4, 0.5) is 4.39 Å². The molecule has 0 aliphatic carbocycles. The van der Waals surface area contributed by atoms with Crippen LogP contribution in [0, 0.1) is 5.82 Å². The second kappa shape index (κ2) is 4.40. The van der Waals surface area contributed by atoms with E-state index in [1.165, 1.54) is 18.5 Å². The minimum atomic E-state index is -0.251. The van der Waals surface area contributed by atoms with Crippen molar-refractivity contribution in [3.63, 3.8) is 0 Å². The van der Waals surface area contributed by atoms with Crippen LogP contribution in [0.15, 0.2) is 43.1 Å². The van der Waals surface area contributed by atoms with Gasteiger partial charge < -0.3 is 4.57 Å². The van der Waals surface area contributed by atoms with Gasteiger partial charge in [0.15, 0.2) is 5.82 Å². The Hall–Kier alpha value is -2.50. The van der Waals surface area contributed by atoms with Crippen molar-refractivity contribution < 1.29 is 4.39 Å². The number of benzene rings is 1. The first kappa shape index (κ1) is 10.6. The fourth-order valence-corrected chi connectivity index (χ4v) is 1.69. The molecular formula is C12H10FN5. The summed E-state index contributed by atoms with van der Waals surface area (Å²) in [6.07, 6.45) is 5.12.